The molecular formula is C19H18N2O3S. The van der Waals surface area contributed by atoms with E-state index in [1.807, 2.05) is 24.3 Å². The lowest BCUT2D eigenvalue weighted by atomic mass is 10.1. The third kappa shape index (κ3) is 4.87. The number of nitrogens with zero attached hydrogens (tertiary/aromatic N) is 1. The number of aromatic nitrogens is 1. The van der Waals surface area contributed by atoms with Gasteiger partial charge in [0, 0.05) is 23.4 Å². The zero-order chi connectivity index (χ0) is 17.5. The number of oxime groups is 1. The van der Waals surface area contributed by atoms with Crippen LogP contribution in [-0.4, -0.2) is 10.9 Å². The SMILES string of the molecule is O=c1ccc2cc(OC(CCCc3ccccc3)=NOS)ccc2[nH]1. The summed E-state index contributed by atoms with van der Waals surface area (Å²) in [7, 11) is 0. The number of aromatic amines is 1. The average Bonchev–Trinajstić information content (AvgIpc) is 2.63. The van der Waals surface area contributed by atoms with Gasteiger partial charge in [-0.1, -0.05) is 30.3 Å². The van der Waals surface area contributed by atoms with Gasteiger partial charge < -0.3 is 14.0 Å². The van der Waals surface area contributed by atoms with Crippen molar-refractivity contribution in [2.24, 2.45) is 5.16 Å². The van der Waals surface area contributed by atoms with Crippen LogP contribution in [0.2, 0.25) is 0 Å². The molecule has 0 aliphatic rings. The lowest BCUT2D eigenvalue weighted by Gasteiger charge is -2.09. The van der Waals surface area contributed by atoms with E-state index in [0.29, 0.717) is 18.1 Å². The van der Waals surface area contributed by atoms with Gasteiger partial charge in [0.05, 0.1) is 12.9 Å². The van der Waals surface area contributed by atoms with Crippen LogP contribution < -0.4 is 10.3 Å². The van der Waals surface area contributed by atoms with Gasteiger partial charge in [-0.3, -0.25) is 4.79 Å². The number of ether oxygens (including phenoxy) is 1. The van der Waals surface area contributed by atoms with Crippen molar-refractivity contribution in [3.63, 3.8) is 0 Å². The summed E-state index contributed by atoms with van der Waals surface area (Å²) < 4.78 is 10.4. The van der Waals surface area contributed by atoms with Gasteiger partial charge in [0.25, 0.3) is 0 Å². The summed E-state index contributed by atoms with van der Waals surface area (Å²) in [5, 5.41) is 4.73. The Balaban J connectivity index is 1.66. The van der Waals surface area contributed by atoms with Crippen molar-refractivity contribution in [3.05, 3.63) is 76.6 Å². The van der Waals surface area contributed by atoms with Gasteiger partial charge in [0.1, 0.15) is 5.75 Å². The van der Waals surface area contributed by atoms with Crippen LogP contribution in [0.4, 0.5) is 0 Å². The van der Waals surface area contributed by atoms with E-state index in [1.54, 1.807) is 18.2 Å². The second kappa shape index (κ2) is 8.39. The van der Waals surface area contributed by atoms with Gasteiger partial charge >= 0.3 is 0 Å². The third-order valence-electron chi connectivity index (χ3n) is 3.77. The monoisotopic (exact) mass is 354 g/mol. The van der Waals surface area contributed by atoms with Crippen molar-refractivity contribution in [1.29, 1.82) is 0 Å². The largest absolute Gasteiger partial charge is 0.440 e. The minimum Gasteiger partial charge on any atom is -0.440 e. The number of H-pyrrole nitrogens is 1. The number of rotatable bonds is 6. The molecule has 0 saturated heterocycles. The van der Waals surface area contributed by atoms with E-state index in [4.69, 9.17) is 4.74 Å². The Hall–Kier alpha value is -2.73. The van der Waals surface area contributed by atoms with Crippen LogP contribution >= 0.6 is 12.9 Å². The number of hydrogen-bond acceptors (Lipinski definition) is 5. The van der Waals surface area contributed by atoms with E-state index < -0.39 is 0 Å². The highest BCUT2D eigenvalue weighted by molar-refractivity contribution is 7.75. The maximum Gasteiger partial charge on any atom is 0.248 e. The number of fused-ring (bicyclic) bond motifs is 1. The lowest BCUT2D eigenvalue weighted by molar-refractivity contribution is 0.381. The summed E-state index contributed by atoms with van der Waals surface area (Å²) in [4.78, 5) is 14.1. The first-order valence-electron chi connectivity index (χ1n) is 7.97. The Morgan fingerprint density at radius 2 is 1.92 bits per heavy atom. The minimum absolute atomic E-state index is 0.132. The van der Waals surface area contributed by atoms with Crippen molar-refractivity contribution in [2.75, 3.05) is 0 Å². The fraction of sp³-hybridized carbons (Fsp3) is 0.158. The van der Waals surface area contributed by atoms with Crippen molar-refractivity contribution in [3.8, 4) is 5.75 Å². The van der Waals surface area contributed by atoms with Crippen LogP contribution in [0.5, 0.6) is 5.75 Å². The molecule has 5 nitrogen and oxygen atoms in total. The molecule has 0 fully saturated rings. The molecule has 0 spiro atoms. The van der Waals surface area contributed by atoms with Gasteiger partial charge in [-0.05, 0) is 47.8 Å². The molecule has 0 aliphatic carbocycles. The number of pyridine rings is 1. The zero-order valence-corrected chi connectivity index (χ0v) is 14.4. The van der Waals surface area contributed by atoms with Crippen molar-refractivity contribution < 1.29 is 9.02 Å². The number of nitrogens with one attached hydrogen (secondary N) is 1. The fourth-order valence-corrected chi connectivity index (χ4v) is 2.67. The van der Waals surface area contributed by atoms with Crippen LogP contribution in [0.3, 0.4) is 0 Å². The molecule has 1 aromatic heterocycles. The molecule has 2 aromatic carbocycles. The summed E-state index contributed by atoms with van der Waals surface area (Å²) in [6, 6.07) is 18.9. The molecule has 1 heterocycles. The zero-order valence-electron chi connectivity index (χ0n) is 13.5. The topological polar surface area (TPSA) is 63.7 Å². The quantitative estimate of drug-likeness (QED) is 0.230. The minimum atomic E-state index is -0.132. The second-order valence-electron chi connectivity index (χ2n) is 5.58. The molecule has 0 atom stereocenters. The Morgan fingerprint density at radius 3 is 2.72 bits per heavy atom. The van der Waals surface area contributed by atoms with Gasteiger partial charge in [0.2, 0.25) is 11.5 Å². The number of benzene rings is 2. The van der Waals surface area contributed by atoms with Crippen LogP contribution in [0.15, 0.2) is 70.6 Å². The molecule has 3 rings (SSSR count). The molecule has 128 valence electrons. The van der Waals surface area contributed by atoms with Gasteiger partial charge in [0.15, 0.2) is 0 Å². The molecule has 0 unspecified atom stereocenters. The highest BCUT2D eigenvalue weighted by Gasteiger charge is 2.06. The molecule has 0 bridgehead atoms. The lowest BCUT2D eigenvalue weighted by Crippen LogP contribution is -2.09. The molecule has 0 radical (unpaired) electrons. The van der Waals surface area contributed by atoms with E-state index in [0.717, 1.165) is 23.7 Å². The Bertz CT molecular complexity index is 923. The average molecular weight is 354 g/mol. The summed E-state index contributed by atoms with van der Waals surface area (Å²) in [5.74, 6) is 1.08. The first-order valence-corrected chi connectivity index (χ1v) is 8.33. The molecular weight excluding hydrogens is 336 g/mol. The van der Waals surface area contributed by atoms with Crippen molar-refractivity contribution in [1.82, 2.24) is 4.98 Å². The summed E-state index contributed by atoms with van der Waals surface area (Å²) >= 11 is 3.68. The first-order chi connectivity index (χ1) is 12.2. The Labute approximate surface area is 150 Å². The maximum absolute atomic E-state index is 11.3. The van der Waals surface area contributed by atoms with E-state index in [1.165, 1.54) is 11.6 Å². The predicted octanol–water partition coefficient (Wildman–Crippen LogP) is 4.10. The predicted molar refractivity (Wildman–Crippen MR) is 102 cm³/mol. The summed E-state index contributed by atoms with van der Waals surface area (Å²) in [6.45, 7) is 0. The normalized spacial score (nSPS) is 11.5. The van der Waals surface area contributed by atoms with Gasteiger partial charge in [-0.2, -0.15) is 0 Å². The first kappa shape index (κ1) is 17.1. The van der Waals surface area contributed by atoms with E-state index >= 15 is 0 Å². The molecule has 6 heteroatoms. The third-order valence-corrected chi connectivity index (χ3v) is 3.85. The summed E-state index contributed by atoms with van der Waals surface area (Å²) in [5.41, 5.74) is 1.89. The van der Waals surface area contributed by atoms with Crippen LogP contribution in [-0.2, 0) is 10.7 Å². The highest BCUT2D eigenvalue weighted by atomic mass is 32.1. The second-order valence-corrected chi connectivity index (χ2v) is 5.74. The summed E-state index contributed by atoms with van der Waals surface area (Å²) in [6.07, 6.45) is 2.43. The van der Waals surface area contributed by atoms with Crippen LogP contribution in [0.25, 0.3) is 10.9 Å². The molecule has 25 heavy (non-hydrogen) atoms. The van der Waals surface area contributed by atoms with E-state index in [2.05, 4.69) is 39.5 Å². The van der Waals surface area contributed by atoms with Gasteiger partial charge in [-0.15, -0.1) is 0 Å². The number of thiol groups is 1. The fourth-order valence-electron chi connectivity index (χ4n) is 2.58. The van der Waals surface area contributed by atoms with E-state index in [-0.39, 0.29) is 5.56 Å². The Morgan fingerprint density at radius 1 is 1.08 bits per heavy atom. The number of hydrogen-bond donors (Lipinski definition) is 2. The van der Waals surface area contributed by atoms with Crippen LogP contribution in [0.1, 0.15) is 18.4 Å². The molecule has 3 aromatic rings. The van der Waals surface area contributed by atoms with Crippen LogP contribution in [0, 0.1) is 0 Å². The van der Waals surface area contributed by atoms with Crippen molar-refractivity contribution >= 4 is 29.7 Å². The molecule has 0 aliphatic heterocycles. The standard InChI is InChI=1S/C19H18N2O3S/c22-18-12-9-15-13-16(10-11-17(15)20-18)23-19(21-24-25)8-4-7-14-5-2-1-3-6-14/h1-3,5-6,9-13,25H,4,7-8H2,(H,20,22). The van der Waals surface area contributed by atoms with E-state index in [9.17, 15) is 4.79 Å². The number of aryl methyl sites for hydroxylation is 1. The van der Waals surface area contributed by atoms with Gasteiger partial charge in [-0.25, -0.2) is 0 Å². The maximum atomic E-state index is 11.3. The molecule has 0 saturated carbocycles. The smallest absolute Gasteiger partial charge is 0.248 e. The Kier molecular flexibility index (Phi) is 5.74. The molecule has 1 N–H and O–H groups in total. The highest BCUT2D eigenvalue weighted by Crippen LogP contribution is 2.19. The van der Waals surface area contributed by atoms with Crippen molar-refractivity contribution in [2.45, 2.75) is 19.3 Å². The molecule has 0 amide bonds.